The zero-order valence-electron chi connectivity index (χ0n) is 22.1. The summed E-state index contributed by atoms with van der Waals surface area (Å²) in [5, 5.41) is 10.0. The molecule has 9 nitrogen and oxygen atoms in total. The van der Waals surface area contributed by atoms with Crippen LogP contribution in [-0.4, -0.2) is 72.4 Å². The van der Waals surface area contributed by atoms with Crippen LogP contribution in [0.3, 0.4) is 0 Å². The fourth-order valence-electron chi connectivity index (χ4n) is 4.79. The number of hydrogen-bond acceptors (Lipinski definition) is 6. The van der Waals surface area contributed by atoms with Crippen molar-refractivity contribution in [3.8, 4) is 0 Å². The van der Waals surface area contributed by atoms with Gasteiger partial charge in [0.15, 0.2) is 0 Å². The smallest absolute Gasteiger partial charge is 0.408 e. The number of amides is 1. The lowest BCUT2D eigenvalue weighted by Gasteiger charge is -2.35. The highest BCUT2D eigenvalue weighted by Crippen LogP contribution is 2.30. The third-order valence-electron chi connectivity index (χ3n) is 6.89. The van der Waals surface area contributed by atoms with Crippen LogP contribution in [0.2, 0.25) is 0 Å². The SMILES string of the molecule is Nc1ccc(S(=O)(=O)N(Cc2ccccc2)CC(F)(F)C(=O)[C@@H](Cc2ccccc2)N(C(=O)O)[C@H]2CCOC2)cc1. The summed E-state index contributed by atoms with van der Waals surface area (Å²) in [6.45, 7) is -1.75. The molecular weight excluding hydrogens is 556 g/mol. The summed E-state index contributed by atoms with van der Waals surface area (Å²) in [5.41, 5.74) is 6.86. The van der Waals surface area contributed by atoms with Gasteiger partial charge < -0.3 is 15.6 Å². The Bertz CT molecular complexity index is 1430. The monoisotopic (exact) mass is 587 g/mol. The summed E-state index contributed by atoms with van der Waals surface area (Å²) in [6, 6.07) is 18.8. The maximum absolute atomic E-state index is 16.0. The first-order valence-electron chi connectivity index (χ1n) is 12.9. The summed E-state index contributed by atoms with van der Waals surface area (Å²) < 4.78 is 65.0. The van der Waals surface area contributed by atoms with Gasteiger partial charge in [0, 0.05) is 25.3 Å². The molecule has 1 amide bonds. The maximum Gasteiger partial charge on any atom is 0.408 e. The lowest BCUT2D eigenvalue weighted by Crippen LogP contribution is -2.58. The van der Waals surface area contributed by atoms with Crippen LogP contribution in [0.4, 0.5) is 19.3 Å². The predicted molar refractivity (Wildman–Crippen MR) is 148 cm³/mol. The quantitative estimate of drug-likeness (QED) is 0.306. The molecule has 3 N–H and O–H groups in total. The minimum Gasteiger partial charge on any atom is -0.465 e. The summed E-state index contributed by atoms with van der Waals surface area (Å²) in [4.78, 5) is 26.4. The number of benzene rings is 3. The lowest BCUT2D eigenvalue weighted by molar-refractivity contribution is -0.150. The Morgan fingerprint density at radius 3 is 2.10 bits per heavy atom. The number of nitrogen functional groups attached to an aromatic ring is 1. The summed E-state index contributed by atoms with van der Waals surface area (Å²) in [7, 11) is -4.52. The molecule has 1 heterocycles. The second-order valence-electron chi connectivity index (χ2n) is 9.81. The van der Waals surface area contributed by atoms with Crippen LogP contribution in [0.15, 0.2) is 89.8 Å². The van der Waals surface area contributed by atoms with Gasteiger partial charge in [-0.2, -0.15) is 13.1 Å². The normalized spacial score (nSPS) is 16.4. The van der Waals surface area contributed by atoms with Gasteiger partial charge in [-0.05, 0) is 41.8 Å². The molecule has 3 aromatic carbocycles. The molecule has 0 saturated carbocycles. The first-order valence-corrected chi connectivity index (χ1v) is 14.4. The number of hydrogen-bond donors (Lipinski definition) is 2. The van der Waals surface area contributed by atoms with Gasteiger partial charge in [0.1, 0.15) is 6.04 Å². The first kappa shape index (κ1) is 30.1. The third kappa shape index (κ3) is 7.26. The van der Waals surface area contributed by atoms with Crippen molar-refractivity contribution in [1.82, 2.24) is 9.21 Å². The Hall–Kier alpha value is -3.87. The van der Waals surface area contributed by atoms with E-state index in [9.17, 15) is 23.1 Å². The van der Waals surface area contributed by atoms with Gasteiger partial charge >= 0.3 is 12.0 Å². The van der Waals surface area contributed by atoms with Crippen molar-refractivity contribution in [2.75, 3.05) is 25.5 Å². The van der Waals surface area contributed by atoms with Crippen LogP contribution < -0.4 is 5.73 Å². The van der Waals surface area contributed by atoms with Gasteiger partial charge in [0.25, 0.3) is 0 Å². The Morgan fingerprint density at radius 1 is 0.976 bits per heavy atom. The number of ketones is 1. The minimum absolute atomic E-state index is 0.0396. The second-order valence-corrected chi connectivity index (χ2v) is 11.7. The molecule has 41 heavy (non-hydrogen) atoms. The summed E-state index contributed by atoms with van der Waals surface area (Å²) >= 11 is 0. The van der Waals surface area contributed by atoms with Crippen LogP contribution in [0.5, 0.6) is 0 Å². The Labute approximate surface area is 237 Å². The highest BCUT2D eigenvalue weighted by atomic mass is 32.2. The number of anilines is 1. The average Bonchev–Trinajstić information content (AvgIpc) is 3.47. The number of nitrogens with zero attached hydrogens (tertiary/aromatic N) is 2. The topological polar surface area (TPSA) is 130 Å². The Morgan fingerprint density at radius 2 is 1.56 bits per heavy atom. The zero-order chi connectivity index (χ0) is 29.6. The molecule has 12 heteroatoms. The Kier molecular flexibility index (Phi) is 9.36. The number of carbonyl (C=O) groups excluding carboxylic acids is 1. The van der Waals surface area contributed by atoms with E-state index in [4.69, 9.17) is 10.5 Å². The van der Waals surface area contributed by atoms with Crippen molar-refractivity contribution in [2.24, 2.45) is 0 Å². The molecule has 0 bridgehead atoms. The van der Waals surface area contributed by atoms with Crippen molar-refractivity contribution < 1.29 is 36.6 Å². The van der Waals surface area contributed by atoms with Crippen LogP contribution in [-0.2, 0) is 32.5 Å². The van der Waals surface area contributed by atoms with E-state index in [1.807, 2.05) is 0 Å². The highest BCUT2D eigenvalue weighted by Gasteiger charge is 2.50. The molecule has 3 aromatic rings. The van der Waals surface area contributed by atoms with Crippen LogP contribution in [0.1, 0.15) is 17.5 Å². The number of ether oxygens (including phenoxy) is 1. The number of carboxylic acid groups (broad SMARTS) is 1. The molecule has 4 rings (SSSR count). The van der Waals surface area contributed by atoms with Crippen molar-refractivity contribution in [1.29, 1.82) is 0 Å². The standard InChI is InChI=1S/C29H31F2N3O6S/c30-29(31,20-33(18-22-9-5-2-6-10-22)41(38,39)25-13-11-23(32)12-14-25)27(35)26(17-21-7-3-1-4-8-21)34(28(36)37)24-15-16-40-19-24/h1-14,24,26H,15-20,32H2,(H,36,37)/t24-,26+/m0/s1. The van der Waals surface area contributed by atoms with E-state index >= 15 is 8.78 Å². The van der Waals surface area contributed by atoms with Crippen LogP contribution in [0, 0.1) is 0 Å². The molecule has 0 aliphatic carbocycles. The molecule has 0 unspecified atom stereocenters. The van der Waals surface area contributed by atoms with E-state index in [1.165, 1.54) is 24.3 Å². The number of Topliss-reactive ketones (excluding diaryl/α,β-unsaturated/α-hetero) is 1. The largest absolute Gasteiger partial charge is 0.465 e. The molecule has 0 radical (unpaired) electrons. The maximum atomic E-state index is 16.0. The van der Waals surface area contributed by atoms with E-state index < -0.39 is 53.0 Å². The van der Waals surface area contributed by atoms with Gasteiger partial charge in [-0.15, -0.1) is 0 Å². The zero-order valence-corrected chi connectivity index (χ0v) is 22.9. The van der Waals surface area contributed by atoms with Gasteiger partial charge in [-0.3, -0.25) is 9.69 Å². The van der Waals surface area contributed by atoms with E-state index in [0.29, 0.717) is 15.4 Å². The lowest BCUT2D eigenvalue weighted by atomic mass is 9.95. The number of rotatable bonds is 12. The number of halogens is 2. The van der Waals surface area contributed by atoms with E-state index in [0.717, 1.165) is 4.90 Å². The van der Waals surface area contributed by atoms with Gasteiger partial charge in [-0.25, -0.2) is 13.2 Å². The molecule has 1 aliphatic heterocycles. The Balaban J connectivity index is 1.71. The van der Waals surface area contributed by atoms with Crippen LogP contribution in [0.25, 0.3) is 0 Å². The first-order chi connectivity index (χ1) is 19.5. The highest BCUT2D eigenvalue weighted by molar-refractivity contribution is 7.89. The number of carbonyl (C=O) groups is 2. The van der Waals surface area contributed by atoms with Crippen molar-refractivity contribution in [2.45, 2.75) is 42.3 Å². The number of sulfonamides is 1. The second kappa shape index (κ2) is 12.8. The van der Waals surface area contributed by atoms with Gasteiger partial charge in [0.2, 0.25) is 15.8 Å². The van der Waals surface area contributed by atoms with Gasteiger partial charge in [-0.1, -0.05) is 60.7 Å². The van der Waals surface area contributed by atoms with E-state index in [-0.39, 0.29) is 36.6 Å². The molecule has 0 aromatic heterocycles. The molecule has 218 valence electrons. The number of alkyl halides is 2. The fourth-order valence-corrected chi connectivity index (χ4v) is 6.21. The van der Waals surface area contributed by atoms with Crippen molar-refractivity contribution >= 4 is 27.6 Å². The fraction of sp³-hybridized carbons (Fsp3) is 0.310. The molecule has 1 aliphatic rings. The van der Waals surface area contributed by atoms with E-state index in [2.05, 4.69) is 0 Å². The predicted octanol–water partition coefficient (Wildman–Crippen LogP) is 4.04. The summed E-state index contributed by atoms with van der Waals surface area (Å²) in [5.74, 6) is -5.94. The van der Waals surface area contributed by atoms with Crippen molar-refractivity contribution in [3.63, 3.8) is 0 Å². The van der Waals surface area contributed by atoms with Crippen LogP contribution >= 0.6 is 0 Å². The van der Waals surface area contributed by atoms with Crippen molar-refractivity contribution in [3.05, 3.63) is 96.1 Å². The average molecular weight is 588 g/mol. The number of nitrogens with two attached hydrogens (primary N) is 1. The molecule has 2 atom stereocenters. The molecular formula is C29H31F2N3O6S. The van der Waals surface area contributed by atoms with E-state index in [1.54, 1.807) is 60.7 Å². The third-order valence-corrected chi connectivity index (χ3v) is 8.69. The molecule has 1 saturated heterocycles. The van der Waals surface area contributed by atoms with Gasteiger partial charge in [0.05, 0.1) is 24.1 Å². The molecule has 0 spiro atoms. The summed E-state index contributed by atoms with van der Waals surface area (Å²) in [6.07, 6.45) is -1.62. The minimum atomic E-state index is -4.52. The molecule has 1 fully saturated rings.